The number of ether oxygens (including phenoxy) is 1. The second kappa shape index (κ2) is 6.72. The molecule has 3 rings (SSSR count). The molecule has 134 valence electrons. The zero-order chi connectivity index (χ0) is 17.4. The van der Waals surface area contributed by atoms with Gasteiger partial charge in [0.2, 0.25) is 0 Å². The quantitative estimate of drug-likeness (QED) is 0.818. The molecule has 8 heteroatoms. The maximum atomic E-state index is 13.2. The molecule has 2 unspecified atom stereocenters. The molecule has 0 aromatic carbocycles. The van der Waals surface area contributed by atoms with Crippen molar-refractivity contribution in [3.63, 3.8) is 0 Å². The Labute approximate surface area is 147 Å². The first-order valence-electron chi connectivity index (χ1n) is 8.31. The van der Waals surface area contributed by atoms with Crippen molar-refractivity contribution in [1.82, 2.24) is 9.88 Å². The largest absolute Gasteiger partial charge is 0.378 e. The maximum absolute atomic E-state index is 13.2. The number of thiazole rings is 1. The Morgan fingerprint density at radius 1 is 1.46 bits per heavy atom. The second-order valence-electron chi connectivity index (χ2n) is 6.65. The number of likely N-dealkylation sites (tertiary alicyclic amines) is 1. The van der Waals surface area contributed by atoms with Crippen LogP contribution in [0.15, 0.2) is 4.36 Å². The Morgan fingerprint density at radius 2 is 2.21 bits per heavy atom. The molecule has 2 aliphatic heterocycles. The van der Waals surface area contributed by atoms with Gasteiger partial charge in [-0.2, -0.15) is 0 Å². The molecule has 1 aromatic rings. The highest BCUT2D eigenvalue weighted by Crippen LogP contribution is 2.40. The highest BCUT2D eigenvalue weighted by molar-refractivity contribution is 7.93. The van der Waals surface area contributed by atoms with Crippen LogP contribution in [0.3, 0.4) is 0 Å². The Bertz CT molecular complexity index is 752. The van der Waals surface area contributed by atoms with Crippen LogP contribution in [0.1, 0.15) is 46.1 Å². The maximum Gasteiger partial charge on any atom is 0.266 e. The molecule has 1 amide bonds. The first-order valence-corrected chi connectivity index (χ1v) is 11.0. The molecule has 0 saturated carbocycles. The number of hydrogen-bond donors (Lipinski definition) is 0. The third kappa shape index (κ3) is 3.11. The minimum absolute atomic E-state index is 0.0320. The highest BCUT2D eigenvalue weighted by Gasteiger charge is 2.48. The van der Waals surface area contributed by atoms with Crippen LogP contribution in [-0.4, -0.2) is 57.7 Å². The smallest absolute Gasteiger partial charge is 0.266 e. The summed E-state index contributed by atoms with van der Waals surface area (Å²) in [7, 11) is 1.09. The van der Waals surface area contributed by atoms with E-state index in [1.165, 1.54) is 11.3 Å². The molecule has 2 aliphatic rings. The summed E-state index contributed by atoms with van der Waals surface area (Å²) in [6.07, 6.45) is 3.69. The van der Waals surface area contributed by atoms with E-state index in [0.29, 0.717) is 23.0 Å². The summed E-state index contributed by atoms with van der Waals surface area (Å²) in [5.41, 5.74) is 0.472. The van der Waals surface area contributed by atoms with Gasteiger partial charge in [0.25, 0.3) is 5.91 Å². The van der Waals surface area contributed by atoms with Crippen molar-refractivity contribution in [2.24, 2.45) is 4.36 Å². The molecule has 0 aliphatic carbocycles. The molecule has 0 bridgehead atoms. The summed E-state index contributed by atoms with van der Waals surface area (Å²) >= 11 is 1.41. The molecule has 2 fully saturated rings. The second-order valence-corrected chi connectivity index (χ2v) is 10.3. The Kier molecular flexibility index (Phi) is 4.99. The van der Waals surface area contributed by atoms with Crippen LogP contribution in [0, 0.1) is 6.92 Å². The van der Waals surface area contributed by atoms with Crippen LogP contribution in [-0.2, 0) is 21.1 Å². The molecule has 2 saturated heterocycles. The summed E-state index contributed by atoms with van der Waals surface area (Å²) < 4.78 is 22.2. The molecule has 2 atom stereocenters. The SMILES string of the molecule is CN=S1(=O)CCCC2(CCCN2C(=O)c2sc(COC)nc2C)C1. The van der Waals surface area contributed by atoms with Gasteiger partial charge in [0.05, 0.1) is 23.6 Å². The number of aromatic nitrogens is 1. The van der Waals surface area contributed by atoms with E-state index >= 15 is 0 Å². The van der Waals surface area contributed by atoms with E-state index in [0.717, 1.165) is 42.9 Å². The first-order chi connectivity index (χ1) is 11.4. The zero-order valence-corrected chi connectivity index (χ0v) is 16.2. The van der Waals surface area contributed by atoms with Crippen molar-refractivity contribution >= 4 is 27.0 Å². The van der Waals surface area contributed by atoms with Crippen molar-refractivity contribution in [3.8, 4) is 0 Å². The van der Waals surface area contributed by atoms with Gasteiger partial charge in [-0.3, -0.25) is 4.79 Å². The van der Waals surface area contributed by atoms with Gasteiger partial charge < -0.3 is 9.64 Å². The van der Waals surface area contributed by atoms with Crippen LogP contribution >= 0.6 is 11.3 Å². The van der Waals surface area contributed by atoms with Gasteiger partial charge in [0, 0.05) is 36.2 Å². The molecule has 24 heavy (non-hydrogen) atoms. The van der Waals surface area contributed by atoms with E-state index in [-0.39, 0.29) is 11.4 Å². The van der Waals surface area contributed by atoms with Gasteiger partial charge in [-0.05, 0) is 32.6 Å². The standard InChI is InChI=1S/C16H25N3O3S2/c1-12-14(23-13(18-12)10-22-3)15(20)19-8-4-6-16(19)7-5-9-24(21,11-16)17-2/h4-11H2,1-3H3. The topological polar surface area (TPSA) is 71.9 Å². The van der Waals surface area contributed by atoms with Gasteiger partial charge in [0.1, 0.15) is 9.88 Å². The van der Waals surface area contributed by atoms with E-state index in [9.17, 15) is 9.00 Å². The van der Waals surface area contributed by atoms with Crippen molar-refractivity contribution in [2.45, 2.75) is 44.8 Å². The molecular formula is C16H25N3O3S2. The number of carbonyl (C=O) groups excluding carboxylic acids is 1. The third-order valence-corrected chi connectivity index (χ3v) is 8.78. The number of carbonyl (C=O) groups is 1. The summed E-state index contributed by atoms with van der Waals surface area (Å²) in [5.74, 6) is 1.21. The van der Waals surface area contributed by atoms with E-state index in [1.807, 2.05) is 11.8 Å². The number of nitrogens with zero attached hydrogens (tertiary/aromatic N) is 3. The minimum Gasteiger partial charge on any atom is -0.378 e. The highest BCUT2D eigenvalue weighted by atomic mass is 32.2. The summed E-state index contributed by atoms with van der Waals surface area (Å²) in [5, 5.41) is 0.822. The predicted molar refractivity (Wildman–Crippen MR) is 96.0 cm³/mol. The fourth-order valence-electron chi connectivity index (χ4n) is 3.97. The zero-order valence-electron chi connectivity index (χ0n) is 14.5. The van der Waals surface area contributed by atoms with E-state index in [4.69, 9.17) is 4.74 Å². The molecular weight excluding hydrogens is 346 g/mol. The molecule has 6 nitrogen and oxygen atoms in total. The Balaban J connectivity index is 1.90. The van der Waals surface area contributed by atoms with Crippen LogP contribution in [0.4, 0.5) is 0 Å². The summed E-state index contributed by atoms with van der Waals surface area (Å²) in [6, 6.07) is 0. The lowest BCUT2D eigenvalue weighted by molar-refractivity contribution is 0.0613. The van der Waals surface area contributed by atoms with Gasteiger partial charge >= 0.3 is 0 Å². The van der Waals surface area contributed by atoms with Crippen molar-refractivity contribution < 1.29 is 13.7 Å². The lowest BCUT2D eigenvalue weighted by atomic mass is 9.92. The molecule has 0 radical (unpaired) electrons. The number of amides is 1. The average Bonchev–Trinajstić information content (AvgIpc) is 3.11. The van der Waals surface area contributed by atoms with Crippen molar-refractivity contribution in [3.05, 3.63) is 15.6 Å². The first kappa shape index (κ1) is 17.8. The van der Waals surface area contributed by atoms with Crippen LogP contribution in [0.25, 0.3) is 0 Å². The monoisotopic (exact) mass is 371 g/mol. The van der Waals surface area contributed by atoms with Gasteiger partial charge in [-0.15, -0.1) is 11.3 Å². The van der Waals surface area contributed by atoms with E-state index in [1.54, 1.807) is 14.2 Å². The Hall–Kier alpha value is -0.990. The van der Waals surface area contributed by atoms with Crippen molar-refractivity contribution in [1.29, 1.82) is 0 Å². The van der Waals surface area contributed by atoms with Gasteiger partial charge in [-0.25, -0.2) is 13.6 Å². The van der Waals surface area contributed by atoms with E-state index < -0.39 is 9.73 Å². The Morgan fingerprint density at radius 3 is 2.92 bits per heavy atom. The van der Waals surface area contributed by atoms with Gasteiger partial charge in [-0.1, -0.05) is 0 Å². The molecule has 1 aromatic heterocycles. The molecule has 1 spiro atoms. The van der Waals surface area contributed by atoms with Crippen molar-refractivity contribution in [2.75, 3.05) is 32.2 Å². The number of aryl methyl sites for hydroxylation is 1. The summed E-state index contributed by atoms with van der Waals surface area (Å²) in [6.45, 7) is 3.03. The van der Waals surface area contributed by atoms with Crippen LogP contribution in [0.2, 0.25) is 0 Å². The normalized spacial score (nSPS) is 30.0. The third-order valence-electron chi connectivity index (χ3n) is 5.08. The number of rotatable bonds is 3. The van der Waals surface area contributed by atoms with E-state index in [2.05, 4.69) is 9.35 Å². The molecule has 3 heterocycles. The predicted octanol–water partition coefficient (Wildman–Crippen LogP) is 2.46. The molecule has 0 N–H and O–H groups in total. The van der Waals surface area contributed by atoms with Crippen LogP contribution in [0.5, 0.6) is 0 Å². The minimum atomic E-state index is -2.18. The average molecular weight is 372 g/mol. The fourth-order valence-corrected chi connectivity index (χ4v) is 7.29. The lowest BCUT2D eigenvalue weighted by Gasteiger charge is -2.42. The fraction of sp³-hybridized carbons (Fsp3) is 0.750. The van der Waals surface area contributed by atoms with Crippen LogP contribution < -0.4 is 0 Å². The lowest BCUT2D eigenvalue weighted by Crippen LogP contribution is -2.54. The number of hydrogen-bond acceptors (Lipinski definition) is 6. The van der Waals surface area contributed by atoms with Gasteiger partial charge in [0.15, 0.2) is 0 Å². The summed E-state index contributed by atoms with van der Waals surface area (Å²) in [4.78, 5) is 20.3. The number of methoxy groups -OCH3 is 1.